The molecule has 0 spiro atoms. The second-order valence-electron chi connectivity index (χ2n) is 4.16. The standard InChI is InChI=1S/C15H10FN3O/c16-11-6-4-10(5-7-11)13-9-14(20)19-15(18-13)12-3-1-2-8-17-12/h1-9H,(H,18,19,20). The highest BCUT2D eigenvalue weighted by Gasteiger charge is 2.08. The summed E-state index contributed by atoms with van der Waals surface area (Å²) >= 11 is 0. The zero-order valence-corrected chi connectivity index (χ0v) is 10.4. The van der Waals surface area contributed by atoms with Gasteiger partial charge in [0.15, 0.2) is 5.82 Å². The Hall–Kier alpha value is -2.82. The molecule has 0 amide bonds. The average Bonchev–Trinajstić information content (AvgIpc) is 2.48. The Kier molecular flexibility index (Phi) is 3.09. The number of aromatic hydroxyl groups is 1. The molecule has 1 aromatic carbocycles. The Morgan fingerprint density at radius 3 is 2.40 bits per heavy atom. The second-order valence-corrected chi connectivity index (χ2v) is 4.16. The number of hydrogen-bond acceptors (Lipinski definition) is 4. The van der Waals surface area contributed by atoms with Crippen LogP contribution in [0.3, 0.4) is 0 Å². The highest BCUT2D eigenvalue weighted by molar-refractivity contribution is 5.63. The van der Waals surface area contributed by atoms with Crippen molar-refractivity contribution in [2.75, 3.05) is 0 Å². The Labute approximate surface area is 114 Å². The first-order valence-electron chi connectivity index (χ1n) is 5.98. The first-order valence-corrected chi connectivity index (χ1v) is 5.98. The summed E-state index contributed by atoms with van der Waals surface area (Å²) in [5.41, 5.74) is 1.77. The van der Waals surface area contributed by atoms with Crippen LogP contribution in [0, 0.1) is 5.82 Å². The summed E-state index contributed by atoms with van der Waals surface area (Å²) in [6, 6.07) is 12.7. The molecule has 3 aromatic rings. The molecule has 0 atom stereocenters. The van der Waals surface area contributed by atoms with Crippen LogP contribution in [-0.2, 0) is 0 Å². The van der Waals surface area contributed by atoms with Crippen molar-refractivity contribution in [3.8, 4) is 28.7 Å². The van der Waals surface area contributed by atoms with Crippen molar-refractivity contribution in [1.29, 1.82) is 0 Å². The lowest BCUT2D eigenvalue weighted by Crippen LogP contribution is -1.94. The van der Waals surface area contributed by atoms with E-state index in [1.165, 1.54) is 18.2 Å². The Bertz CT molecular complexity index is 730. The average molecular weight is 267 g/mol. The summed E-state index contributed by atoms with van der Waals surface area (Å²) in [5.74, 6) is -0.151. The zero-order valence-electron chi connectivity index (χ0n) is 10.4. The van der Waals surface area contributed by atoms with E-state index in [0.717, 1.165) is 0 Å². The van der Waals surface area contributed by atoms with Gasteiger partial charge in [-0.1, -0.05) is 6.07 Å². The largest absolute Gasteiger partial charge is 0.493 e. The van der Waals surface area contributed by atoms with Crippen molar-refractivity contribution in [2.45, 2.75) is 0 Å². The van der Waals surface area contributed by atoms with Gasteiger partial charge in [-0.25, -0.2) is 9.37 Å². The summed E-state index contributed by atoms with van der Waals surface area (Å²) in [4.78, 5) is 12.4. The first kappa shape index (κ1) is 12.2. The topological polar surface area (TPSA) is 58.9 Å². The molecule has 98 valence electrons. The summed E-state index contributed by atoms with van der Waals surface area (Å²) in [6.07, 6.45) is 1.63. The normalized spacial score (nSPS) is 10.4. The van der Waals surface area contributed by atoms with Gasteiger partial charge in [-0.2, -0.15) is 4.98 Å². The molecule has 2 heterocycles. The fraction of sp³-hybridized carbons (Fsp3) is 0. The Morgan fingerprint density at radius 1 is 0.900 bits per heavy atom. The molecule has 0 aliphatic heterocycles. The number of aromatic nitrogens is 3. The molecular weight excluding hydrogens is 257 g/mol. The van der Waals surface area contributed by atoms with E-state index in [4.69, 9.17) is 0 Å². The number of benzene rings is 1. The number of rotatable bonds is 2. The molecule has 0 fully saturated rings. The van der Waals surface area contributed by atoms with Crippen molar-refractivity contribution in [1.82, 2.24) is 15.0 Å². The van der Waals surface area contributed by atoms with Gasteiger partial charge >= 0.3 is 0 Å². The van der Waals surface area contributed by atoms with Crippen LogP contribution >= 0.6 is 0 Å². The summed E-state index contributed by atoms with van der Waals surface area (Å²) < 4.78 is 12.9. The van der Waals surface area contributed by atoms with E-state index in [1.807, 2.05) is 6.07 Å². The molecule has 1 N–H and O–H groups in total. The third kappa shape index (κ3) is 2.47. The van der Waals surface area contributed by atoms with E-state index in [2.05, 4.69) is 15.0 Å². The molecule has 20 heavy (non-hydrogen) atoms. The molecule has 0 saturated heterocycles. The van der Waals surface area contributed by atoms with Gasteiger partial charge in [0.2, 0.25) is 5.88 Å². The van der Waals surface area contributed by atoms with E-state index in [0.29, 0.717) is 22.8 Å². The van der Waals surface area contributed by atoms with E-state index in [1.54, 1.807) is 30.5 Å². The summed E-state index contributed by atoms with van der Waals surface area (Å²) in [5, 5.41) is 9.72. The summed E-state index contributed by atoms with van der Waals surface area (Å²) in [6.45, 7) is 0. The van der Waals surface area contributed by atoms with Gasteiger partial charge in [0, 0.05) is 17.8 Å². The molecule has 0 radical (unpaired) electrons. The van der Waals surface area contributed by atoms with Crippen LogP contribution in [0.25, 0.3) is 22.8 Å². The Morgan fingerprint density at radius 2 is 1.70 bits per heavy atom. The van der Waals surface area contributed by atoms with Gasteiger partial charge in [0.1, 0.15) is 11.5 Å². The molecule has 5 heteroatoms. The molecule has 0 aliphatic carbocycles. The maximum absolute atomic E-state index is 12.9. The number of hydrogen-bond donors (Lipinski definition) is 1. The predicted molar refractivity (Wildman–Crippen MR) is 72.3 cm³/mol. The van der Waals surface area contributed by atoms with Gasteiger partial charge < -0.3 is 5.11 Å². The van der Waals surface area contributed by atoms with Crippen LogP contribution in [0.5, 0.6) is 5.88 Å². The van der Waals surface area contributed by atoms with Crippen molar-refractivity contribution in [3.05, 3.63) is 60.5 Å². The number of halogens is 1. The highest BCUT2D eigenvalue weighted by Crippen LogP contribution is 2.23. The lowest BCUT2D eigenvalue weighted by Gasteiger charge is -2.05. The Balaban J connectivity index is 2.09. The van der Waals surface area contributed by atoms with E-state index < -0.39 is 0 Å². The van der Waals surface area contributed by atoms with E-state index in [9.17, 15) is 9.50 Å². The monoisotopic (exact) mass is 267 g/mol. The first-order chi connectivity index (χ1) is 9.72. The molecule has 0 unspecified atom stereocenters. The SMILES string of the molecule is Oc1cc(-c2ccc(F)cc2)nc(-c2ccccn2)n1. The van der Waals surface area contributed by atoms with Gasteiger partial charge in [-0.15, -0.1) is 0 Å². The molecule has 0 saturated carbocycles. The minimum atomic E-state index is -0.322. The molecule has 0 bridgehead atoms. The number of nitrogens with zero attached hydrogens (tertiary/aromatic N) is 3. The van der Waals surface area contributed by atoms with Crippen molar-refractivity contribution in [2.24, 2.45) is 0 Å². The van der Waals surface area contributed by atoms with Crippen LogP contribution in [0.15, 0.2) is 54.7 Å². The highest BCUT2D eigenvalue weighted by atomic mass is 19.1. The van der Waals surface area contributed by atoms with Crippen LogP contribution in [-0.4, -0.2) is 20.1 Å². The fourth-order valence-electron chi connectivity index (χ4n) is 1.81. The quantitative estimate of drug-likeness (QED) is 0.775. The minimum absolute atomic E-state index is 0.153. The molecule has 3 rings (SSSR count). The molecular formula is C15H10FN3O. The molecule has 0 aliphatic rings. The third-order valence-corrected chi connectivity index (χ3v) is 2.75. The minimum Gasteiger partial charge on any atom is -0.493 e. The third-order valence-electron chi connectivity index (χ3n) is 2.75. The van der Waals surface area contributed by atoms with Crippen LogP contribution in [0.2, 0.25) is 0 Å². The molecule has 4 nitrogen and oxygen atoms in total. The fourth-order valence-corrected chi connectivity index (χ4v) is 1.81. The summed E-state index contributed by atoms with van der Waals surface area (Å²) in [7, 11) is 0. The molecule has 2 aromatic heterocycles. The smallest absolute Gasteiger partial charge is 0.215 e. The maximum Gasteiger partial charge on any atom is 0.215 e. The van der Waals surface area contributed by atoms with Gasteiger partial charge in [-0.05, 0) is 36.4 Å². The zero-order chi connectivity index (χ0) is 13.9. The van der Waals surface area contributed by atoms with Crippen LogP contribution in [0.1, 0.15) is 0 Å². The van der Waals surface area contributed by atoms with Gasteiger partial charge in [-0.3, -0.25) is 4.98 Å². The second kappa shape index (κ2) is 5.05. The van der Waals surface area contributed by atoms with Crippen molar-refractivity contribution in [3.63, 3.8) is 0 Å². The van der Waals surface area contributed by atoms with Crippen LogP contribution in [0.4, 0.5) is 4.39 Å². The van der Waals surface area contributed by atoms with E-state index in [-0.39, 0.29) is 11.7 Å². The van der Waals surface area contributed by atoms with Crippen LogP contribution < -0.4 is 0 Å². The van der Waals surface area contributed by atoms with Crippen molar-refractivity contribution < 1.29 is 9.50 Å². The van der Waals surface area contributed by atoms with Crippen molar-refractivity contribution >= 4 is 0 Å². The lowest BCUT2D eigenvalue weighted by molar-refractivity contribution is 0.453. The number of pyridine rings is 1. The predicted octanol–water partition coefficient (Wildman–Crippen LogP) is 3.05. The van der Waals surface area contributed by atoms with E-state index >= 15 is 0 Å². The lowest BCUT2D eigenvalue weighted by atomic mass is 10.1. The maximum atomic E-state index is 12.9. The van der Waals surface area contributed by atoms with Gasteiger partial charge in [0.05, 0.1) is 5.69 Å². The van der Waals surface area contributed by atoms with Gasteiger partial charge in [0.25, 0.3) is 0 Å².